The number of aldehydes is 1. The molecule has 0 N–H and O–H groups in total. The zero-order valence-corrected chi connectivity index (χ0v) is 11.6. The standard InChI is InChI=1S/C17H19FO2/c1-13-11-16(7-8-17(13)20-10-2-9-18)15-5-3-14(12-19)4-6-15/h3-8,12-13H,2,9-11H2,1H3. The average Bonchev–Trinajstić information content (AvgIpc) is 2.49. The molecule has 0 heterocycles. The number of rotatable bonds is 6. The van der Waals surface area contributed by atoms with Gasteiger partial charge in [0.2, 0.25) is 0 Å². The monoisotopic (exact) mass is 274 g/mol. The molecular formula is C17H19FO2. The van der Waals surface area contributed by atoms with Crippen LogP contribution in [0.4, 0.5) is 4.39 Å². The number of ether oxygens (including phenoxy) is 1. The molecule has 1 aliphatic rings. The van der Waals surface area contributed by atoms with E-state index in [0.717, 1.165) is 24.0 Å². The normalized spacial score (nSPS) is 18.2. The Bertz CT molecular complexity index is 514. The molecule has 1 atom stereocenters. The molecule has 0 saturated carbocycles. The minimum absolute atomic E-state index is 0.292. The van der Waals surface area contributed by atoms with E-state index in [1.165, 1.54) is 5.57 Å². The van der Waals surface area contributed by atoms with E-state index in [2.05, 4.69) is 6.92 Å². The molecule has 0 amide bonds. The highest BCUT2D eigenvalue weighted by Gasteiger charge is 2.17. The lowest BCUT2D eigenvalue weighted by Gasteiger charge is -2.22. The molecule has 1 aliphatic carbocycles. The summed E-state index contributed by atoms with van der Waals surface area (Å²) in [4.78, 5) is 10.6. The van der Waals surface area contributed by atoms with E-state index in [1.54, 1.807) is 0 Å². The molecule has 2 rings (SSSR count). The summed E-state index contributed by atoms with van der Waals surface area (Å²) in [5.74, 6) is 1.21. The number of hydrogen-bond acceptors (Lipinski definition) is 2. The maximum Gasteiger partial charge on any atom is 0.150 e. The van der Waals surface area contributed by atoms with Crippen molar-refractivity contribution in [3.8, 4) is 0 Å². The molecule has 0 saturated heterocycles. The zero-order valence-electron chi connectivity index (χ0n) is 11.6. The van der Waals surface area contributed by atoms with Crippen LogP contribution >= 0.6 is 0 Å². The number of halogens is 1. The lowest BCUT2D eigenvalue weighted by atomic mass is 9.89. The Labute approximate surface area is 119 Å². The second-order valence-corrected chi connectivity index (χ2v) is 5.00. The summed E-state index contributed by atoms with van der Waals surface area (Å²) in [7, 11) is 0. The Morgan fingerprint density at radius 3 is 2.65 bits per heavy atom. The summed E-state index contributed by atoms with van der Waals surface area (Å²) < 4.78 is 17.6. The highest BCUT2D eigenvalue weighted by atomic mass is 19.1. The van der Waals surface area contributed by atoms with Crippen LogP contribution < -0.4 is 0 Å². The number of allylic oxidation sites excluding steroid dienone is 4. The number of hydrogen-bond donors (Lipinski definition) is 0. The van der Waals surface area contributed by atoms with Gasteiger partial charge in [-0.25, -0.2) is 0 Å². The maximum atomic E-state index is 12.1. The van der Waals surface area contributed by atoms with Gasteiger partial charge in [-0.15, -0.1) is 0 Å². The van der Waals surface area contributed by atoms with E-state index in [-0.39, 0.29) is 6.67 Å². The fourth-order valence-corrected chi connectivity index (χ4v) is 2.27. The van der Waals surface area contributed by atoms with Gasteiger partial charge in [-0.2, -0.15) is 0 Å². The van der Waals surface area contributed by atoms with Crippen molar-refractivity contribution >= 4 is 11.9 Å². The maximum absolute atomic E-state index is 12.1. The van der Waals surface area contributed by atoms with Crippen LogP contribution in [-0.4, -0.2) is 19.6 Å². The zero-order chi connectivity index (χ0) is 14.4. The van der Waals surface area contributed by atoms with Gasteiger partial charge in [0.05, 0.1) is 19.0 Å². The van der Waals surface area contributed by atoms with E-state index in [9.17, 15) is 9.18 Å². The molecule has 0 aromatic heterocycles. The molecule has 20 heavy (non-hydrogen) atoms. The Balaban J connectivity index is 2.08. The van der Waals surface area contributed by atoms with Crippen molar-refractivity contribution in [2.45, 2.75) is 19.8 Å². The summed E-state index contributed by atoms with van der Waals surface area (Å²) in [6, 6.07) is 7.58. The predicted molar refractivity (Wildman–Crippen MR) is 78.2 cm³/mol. The van der Waals surface area contributed by atoms with E-state index in [0.29, 0.717) is 24.5 Å². The molecule has 2 nitrogen and oxygen atoms in total. The molecular weight excluding hydrogens is 255 g/mol. The van der Waals surface area contributed by atoms with Crippen molar-refractivity contribution in [3.63, 3.8) is 0 Å². The van der Waals surface area contributed by atoms with E-state index >= 15 is 0 Å². The smallest absolute Gasteiger partial charge is 0.150 e. The van der Waals surface area contributed by atoms with Gasteiger partial charge in [0, 0.05) is 17.9 Å². The van der Waals surface area contributed by atoms with Gasteiger partial charge in [0.1, 0.15) is 6.29 Å². The lowest BCUT2D eigenvalue weighted by molar-refractivity contribution is 0.112. The van der Waals surface area contributed by atoms with Crippen LogP contribution in [0.3, 0.4) is 0 Å². The van der Waals surface area contributed by atoms with Crippen LogP contribution in [0.25, 0.3) is 5.57 Å². The molecule has 0 aliphatic heterocycles. The topological polar surface area (TPSA) is 26.3 Å². The third-order valence-corrected chi connectivity index (χ3v) is 3.42. The highest BCUT2D eigenvalue weighted by Crippen LogP contribution is 2.31. The van der Waals surface area contributed by atoms with Crippen molar-refractivity contribution < 1.29 is 13.9 Å². The first-order valence-corrected chi connectivity index (χ1v) is 6.89. The first kappa shape index (κ1) is 14.5. The van der Waals surface area contributed by atoms with Gasteiger partial charge in [0.15, 0.2) is 0 Å². The highest BCUT2D eigenvalue weighted by molar-refractivity contribution is 5.77. The van der Waals surface area contributed by atoms with E-state index in [1.807, 2.05) is 36.4 Å². The third-order valence-electron chi connectivity index (χ3n) is 3.42. The first-order valence-electron chi connectivity index (χ1n) is 6.89. The minimum atomic E-state index is -0.341. The largest absolute Gasteiger partial charge is 0.498 e. The quantitative estimate of drug-likeness (QED) is 0.574. The van der Waals surface area contributed by atoms with Gasteiger partial charge in [-0.1, -0.05) is 37.3 Å². The van der Waals surface area contributed by atoms with Gasteiger partial charge in [-0.05, 0) is 23.6 Å². The second kappa shape index (κ2) is 7.04. The molecule has 3 heteroatoms. The molecule has 0 fully saturated rings. The molecule has 0 radical (unpaired) electrons. The Hall–Kier alpha value is -1.90. The molecule has 1 aromatic rings. The van der Waals surface area contributed by atoms with Crippen molar-refractivity contribution in [2.24, 2.45) is 5.92 Å². The fourth-order valence-electron chi connectivity index (χ4n) is 2.27. The van der Waals surface area contributed by atoms with Gasteiger partial charge >= 0.3 is 0 Å². The minimum Gasteiger partial charge on any atom is -0.498 e. The van der Waals surface area contributed by atoms with Crippen molar-refractivity contribution in [3.05, 3.63) is 53.3 Å². The van der Waals surface area contributed by atoms with Crippen LogP contribution in [-0.2, 0) is 4.74 Å². The molecule has 0 bridgehead atoms. The van der Waals surface area contributed by atoms with Crippen LogP contribution in [0.5, 0.6) is 0 Å². The number of carbonyl (C=O) groups is 1. The summed E-state index contributed by atoms with van der Waals surface area (Å²) >= 11 is 0. The molecule has 106 valence electrons. The Morgan fingerprint density at radius 1 is 1.30 bits per heavy atom. The third kappa shape index (κ3) is 3.56. The van der Waals surface area contributed by atoms with Crippen molar-refractivity contribution in [2.75, 3.05) is 13.3 Å². The molecule has 1 unspecified atom stereocenters. The first-order chi connectivity index (χ1) is 9.74. The van der Waals surface area contributed by atoms with E-state index < -0.39 is 0 Å². The average molecular weight is 274 g/mol. The second-order valence-electron chi connectivity index (χ2n) is 5.00. The summed E-state index contributed by atoms with van der Waals surface area (Å²) in [6.07, 6.45) is 6.18. The van der Waals surface area contributed by atoms with Crippen LogP contribution in [0.1, 0.15) is 35.7 Å². The predicted octanol–water partition coefficient (Wildman–Crippen LogP) is 4.18. The van der Waals surface area contributed by atoms with E-state index in [4.69, 9.17) is 4.74 Å². The van der Waals surface area contributed by atoms with Gasteiger partial charge in [-0.3, -0.25) is 9.18 Å². The Morgan fingerprint density at radius 2 is 2.05 bits per heavy atom. The van der Waals surface area contributed by atoms with Gasteiger partial charge < -0.3 is 4.74 Å². The van der Waals surface area contributed by atoms with Crippen LogP contribution in [0.2, 0.25) is 0 Å². The SMILES string of the molecule is CC1CC(c2ccc(C=O)cc2)=CC=C1OCCCF. The number of alkyl halides is 1. The van der Waals surface area contributed by atoms with Crippen LogP contribution in [0, 0.1) is 5.92 Å². The summed E-state index contributed by atoms with van der Waals surface area (Å²) in [5.41, 5.74) is 3.04. The van der Waals surface area contributed by atoms with Crippen molar-refractivity contribution in [1.82, 2.24) is 0 Å². The van der Waals surface area contributed by atoms with Crippen LogP contribution in [0.15, 0.2) is 42.2 Å². The fraction of sp³-hybridized carbons (Fsp3) is 0.353. The summed E-state index contributed by atoms with van der Waals surface area (Å²) in [6.45, 7) is 2.20. The van der Waals surface area contributed by atoms with Gasteiger partial charge in [0.25, 0.3) is 0 Å². The Kier molecular flexibility index (Phi) is 5.10. The molecule has 0 spiro atoms. The molecule has 1 aromatic carbocycles. The number of carbonyl (C=O) groups excluding carboxylic acids is 1. The van der Waals surface area contributed by atoms with Crippen molar-refractivity contribution in [1.29, 1.82) is 0 Å². The summed E-state index contributed by atoms with van der Waals surface area (Å²) in [5, 5.41) is 0. The lowest BCUT2D eigenvalue weighted by Crippen LogP contribution is -2.09. The number of benzene rings is 1.